The molecular formula is C26H25ClN2O3S2. The number of thioether (sulfide) groups is 1. The van der Waals surface area contributed by atoms with E-state index in [-0.39, 0.29) is 24.2 Å². The number of rotatable bonds is 5. The van der Waals surface area contributed by atoms with Gasteiger partial charge < -0.3 is 15.0 Å². The Balaban J connectivity index is 1.44. The molecule has 34 heavy (non-hydrogen) atoms. The van der Waals surface area contributed by atoms with Gasteiger partial charge in [0.1, 0.15) is 5.25 Å². The molecule has 2 saturated heterocycles. The van der Waals surface area contributed by atoms with Gasteiger partial charge in [0, 0.05) is 30.1 Å². The molecule has 0 radical (unpaired) electrons. The molecule has 1 aromatic heterocycles. The maximum Gasteiger partial charge on any atom is 0.242 e. The van der Waals surface area contributed by atoms with Crippen molar-refractivity contribution in [2.24, 2.45) is 0 Å². The summed E-state index contributed by atoms with van der Waals surface area (Å²) in [5, 5.41) is 6.91. The quantitative estimate of drug-likeness (QED) is 0.481. The Hall–Kier alpha value is -2.32. The smallest absolute Gasteiger partial charge is 0.242 e. The lowest BCUT2D eigenvalue weighted by Crippen LogP contribution is -2.58. The molecular weight excluding hydrogens is 488 g/mol. The molecule has 2 fully saturated rings. The van der Waals surface area contributed by atoms with E-state index >= 15 is 0 Å². The zero-order valence-electron chi connectivity index (χ0n) is 18.7. The average molecular weight is 513 g/mol. The molecule has 5 nitrogen and oxygen atoms in total. The summed E-state index contributed by atoms with van der Waals surface area (Å²) < 4.78 is 5.66. The topological polar surface area (TPSA) is 58.6 Å². The molecule has 3 aromatic rings. The van der Waals surface area contributed by atoms with Gasteiger partial charge in [-0.05, 0) is 59.1 Å². The van der Waals surface area contributed by atoms with Crippen LogP contribution in [0.5, 0.6) is 0 Å². The Kier molecular flexibility index (Phi) is 6.71. The first-order valence-corrected chi connectivity index (χ1v) is 13.4. The Bertz CT molecular complexity index is 1170. The molecule has 0 saturated carbocycles. The third kappa shape index (κ3) is 4.50. The number of thiophene rings is 1. The first-order valence-electron chi connectivity index (χ1n) is 11.2. The van der Waals surface area contributed by atoms with E-state index in [0.29, 0.717) is 11.6 Å². The Morgan fingerprint density at radius 3 is 2.59 bits per heavy atom. The number of ketones is 1. The second-order valence-corrected chi connectivity index (χ2v) is 11.0. The molecule has 3 heterocycles. The molecule has 2 aliphatic heterocycles. The van der Waals surface area contributed by atoms with Crippen molar-refractivity contribution in [2.45, 2.75) is 35.1 Å². The van der Waals surface area contributed by atoms with Crippen LogP contribution in [0.2, 0.25) is 5.02 Å². The first-order chi connectivity index (χ1) is 16.5. The lowest BCUT2D eigenvalue weighted by Gasteiger charge is -2.40. The minimum absolute atomic E-state index is 0.106. The van der Waals surface area contributed by atoms with E-state index in [2.05, 4.69) is 29.3 Å². The first kappa shape index (κ1) is 23.4. The molecule has 8 heteroatoms. The highest BCUT2D eigenvalue weighted by Crippen LogP contribution is 2.41. The summed E-state index contributed by atoms with van der Waals surface area (Å²) in [6.45, 7) is 4.46. The van der Waals surface area contributed by atoms with Crippen LogP contribution in [-0.4, -0.2) is 42.7 Å². The third-order valence-electron chi connectivity index (χ3n) is 6.37. The molecule has 0 aliphatic carbocycles. The zero-order valence-corrected chi connectivity index (χ0v) is 21.1. The molecule has 3 atom stereocenters. The Labute approximate surface area is 212 Å². The number of amides is 1. The Morgan fingerprint density at radius 1 is 1.12 bits per heavy atom. The van der Waals surface area contributed by atoms with Crippen LogP contribution in [0.1, 0.15) is 24.5 Å². The van der Waals surface area contributed by atoms with E-state index in [4.69, 9.17) is 16.3 Å². The average Bonchev–Trinajstić information content (AvgIpc) is 3.38. The SMILES string of the molecule is CC1CN(c2ccc(C3(c4ccsc4)CC(=O)C(Sc4ccccc4Cl)C(=O)N3)cc2)CCO1. The lowest BCUT2D eigenvalue weighted by atomic mass is 9.77. The van der Waals surface area contributed by atoms with Crippen LogP contribution < -0.4 is 10.2 Å². The molecule has 1 N–H and O–H groups in total. The summed E-state index contributed by atoms with van der Waals surface area (Å²) in [6, 6.07) is 17.5. The standard InChI is InChI=1S/C26H25ClN2O3S2/c1-17-15-29(11-12-32-17)20-8-6-18(7-9-20)26(19-10-13-33-16-19)14-22(30)24(25(31)28-26)34-23-5-3-2-4-21(23)27/h2-10,13,16-17,24H,11-12,14-15H2,1H3,(H,28,31). The van der Waals surface area contributed by atoms with Crippen molar-refractivity contribution in [2.75, 3.05) is 24.6 Å². The number of halogens is 1. The number of Topliss-reactive ketones (excluding diaryl/α,β-unsaturated/α-hetero) is 1. The number of carbonyl (C=O) groups excluding carboxylic acids is 2. The van der Waals surface area contributed by atoms with E-state index in [9.17, 15) is 9.59 Å². The van der Waals surface area contributed by atoms with E-state index in [0.717, 1.165) is 34.8 Å². The van der Waals surface area contributed by atoms with Crippen LogP contribution >= 0.6 is 34.7 Å². The lowest BCUT2D eigenvalue weighted by molar-refractivity contribution is -0.132. The number of carbonyl (C=O) groups is 2. The molecule has 176 valence electrons. The maximum absolute atomic E-state index is 13.4. The van der Waals surface area contributed by atoms with Crippen molar-refractivity contribution in [1.29, 1.82) is 0 Å². The number of morpholine rings is 1. The van der Waals surface area contributed by atoms with Gasteiger partial charge in [-0.15, -0.1) is 11.8 Å². The number of piperidine rings is 1. The molecule has 0 bridgehead atoms. The van der Waals surface area contributed by atoms with E-state index in [1.165, 1.54) is 11.8 Å². The molecule has 2 aromatic carbocycles. The maximum atomic E-state index is 13.4. The number of anilines is 1. The van der Waals surface area contributed by atoms with Crippen LogP contribution in [-0.2, 0) is 19.9 Å². The number of nitrogens with one attached hydrogen (secondary N) is 1. The summed E-state index contributed by atoms with van der Waals surface area (Å²) in [4.78, 5) is 29.8. The predicted octanol–water partition coefficient (Wildman–Crippen LogP) is 5.12. The largest absolute Gasteiger partial charge is 0.375 e. The van der Waals surface area contributed by atoms with Crippen molar-refractivity contribution >= 4 is 52.1 Å². The number of hydrogen-bond donors (Lipinski definition) is 1. The third-order valence-corrected chi connectivity index (χ3v) is 8.82. The van der Waals surface area contributed by atoms with Gasteiger partial charge in [0.2, 0.25) is 5.91 Å². The highest BCUT2D eigenvalue weighted by molar-refractivity contribution is 8.01. The molecule has 5 rings (SSSR count). The van der Waals surface area contributed by atoms with Crippen LogP contribution in [0.25, 0.3) is 0 Å². The van der Waals surface area contributed by atoms with Crippen molar-refractivity contribution in [3.8, 4) is 0 Å². The second-order valence-electron chi connectivity index (χ2n) is 8.65. The predicted molar refractivity (Wildman–Crippen MR) is 138 cm³/mol. The molecule has 2 aliphatic rings. The summed E-state index contributed by atoms with van der Waals surface area (Å²) in [5.41, 5.74) is 2.05. The number of ether oxygens (including phenoxy) is 1. The normalized spacial score (nSPS) is 25.3. The summed E-state index contributed by atoms with van der Waals surface area (Å²) in [6.07, 6.45) is 0.374. The molecule has 0 spiro atoms. The minimum Gasteiger partial charge on any atom is -0.375 e. The fraction of sp³-hybridized carbons (Fsp3) is 0.308. The molecule has 1 amide bonds. The monoisotopic (exact) mass is 512 g/mol. The van der Waals surface area contributed by atoms with E-state index in [1.54, 1.807) is 17.4 Å². The summed E-state index contributed by atoms with van der Waals surface area (Å²) in [7, 11) is 0. The van der Waals surface area contributed by atoms with Crippen LogP contribution in [0.4, 0.5) is 5.69 Å². The van der Waals surface area contributed by atoms with Crippen LogP contribution in [0.3, 0.4) is 0 Å². The highest BCUT2D eigenvalue weighted by atomic mass is 35.5. The number of benzene rings is 2. The van der Waals surface area contributed by atoms with Crippen molar-refractivity contribution < 1.29 is 14.3 Å². The minimum atomic E-state index is -0.886. The molecule has 3 unspecified atom stereocenters. The zero-order chi connectivity index (χ0) is 23.7. The van der Waals surface area contributed by atoms with Gasteiger partial charge in [-0.25, -0.2) is 0 Å². The summed E-state index contributed by atoms with van der Waals surface area (Å²) >= 11 is 9.05. The fourth-order valence-corrected chi connectivity index (χ4v) is 6.61. The van der Waals surface area contributed by atoms with Crippen molar-refractivity contribution in [3.05, 3.63) is 81.5 Å². The van der Waals surface area contributed by atoms with Crippen LogP contribution in [0.15, 0.2) is 70.3 Å². The number of nitrogens with zero attached hydrogens (tertiary/aromatic N) is 1. The van der Waals surface area contributed by atoms with Gasteiger partial charge in [-0.3, -0.25) is 9.59 Å². The van der Waals surface area contributed by atoms with Gasteiger partial charge in [0.05, 0.1) is 23.3 Å². The fourth-order valence-electron chi connectivity index (χ4n) is 4.64. The van der Waals surface area contributed by atoms with E-state index < -0.39 is 10.8 Å². The van der Waals surface area contributed by atoms with Gasteiger partial charge in [0.25, 0.3) is 0 Å². The highest BCUT2D eigenvalue weighted by Gasteiger charge is 2.47. The summed E-state index contributed by atoms with van der Waals surface area (Å²) in [5.74, 6) is -0.399. The van der Waals surface area contributed by atoms with Gasteiger partial charge in [0.15, 0.2) is 5.78 Å². The van der Waals surface area contributed by atoms with E-state index in [1.807, 2.05) is 47.2 Å². The van der Waals surface area contributed by atoms with Crippen LogP contribution in [0, 0.1) is 0 Å². The second kappa shape index (κ2) is 9.74. The number of hydrogen-bond acceptors (Lipinski definition) is 6. The van der Waals surface area contributed by atoms with Gasteiger partial charge in [-0.1, -0.05) is 35.9 Å². The van der Waals surface area contributed by atoms with Crippen molar-refractivity contribution in [1.82, 2.24) is 5.32 Å². The van der Waals surface area contributed by atoms with Gasteiger partial charge in [-0.2, -0.15) is 11.3 Å². The van der Waals surface area contributed by atoms with Gasteiger partial charge >= 0.3 is 0 Å². The Morgan fingerprint density at radius 2 is 1.91 bits per heavy atom. The van der Waals surface area contributed by atoms with Crippen molar-refractivity contribution in [3.63, 3.8) is 0 Å².